The van der Waals surface area contributed by atoms with Crippen LogP contribution in [0.4, 0.5) is 8.78 Å². The van der Waals surface area contributed by atoms with Crippen LogP contribution in [0, 0.1) is 0 Å². The second-order valence-corrected chi connectivity index (χ2v) is 6.46. The van der Waals surface area contributed by atoms with Crippen LogP contribution < -0.4 is 18.9 Å². The van der Waals surface area contributed by atoms with Gasteiger partial charge in [0.1, 0.15) is 10.8 Å². The molecule has 136 valence electrons. The summed E-state index contributed by atoms with van der Waals surface area (Å²) in [5.41, 5.74) is 0.644. The smallest absolute Gasteiger partial charge is 0.493 e. The SMILES string of the molecule is COc1ccnc(S(=O)c2nc3cc4c(cc3[nH]2)OC(F)(F)O4)c1OC. The van der Waals surface area contributed by atoms with Crippen LogP contribution in [0.2, 0.25) is 0 Å². The summed E-state index contributed by atoms with van der Waals surface area (Å²) in [6.07, 6.45) is -2.29. The van der Waals surface area contributed by atoms with Crippen LogP contribution in [0.15, 0.2) is 34.6 Å². The highest BCUT2D eigenvalue weighted by Crippen LogP contribution is 2.43. The largest absolute Gasteiger partial charge is 0.586 e. The third-order valence-corrected chi connectivity index (χ3v) is 4.78. The molecule has 1 unspecified atom stereocenters. The number of methoxy groups -OCH3 is 2. The Balaban J connectivity index is 1.76. The summed E-state index contributed by atoms with van der Waals surface area (Å²) in [7, 11) is 1.02. The van der Waals surface area contributed by atoms with E-state index in [1.54, 1.807) is 6.07 Å². The molecule has 0 saturated heterocycles. The van der Waals surface area contributed by atoms with E-state index in [0.717, 1.165) is 0 Å². The predicted octanol–water partition coefficient (Wildman–Crippen LogP) is 2.46. The fourth-order valence-electron chi connectivity index (χ4n) is 2.50. The number of alkyl halides is 2. The number of imidazole rings is 1. The number of nitrogens with one attached hydrogen (secondary N) is 1. The maximum absolute atomic E-state index is 13.1. The fraction of sp³-hybridized carbons (Fsp3) is 0.200. The molecule has 2 aromatic heterocycles. The quantitative estimate of drug-likeness (QED) is 0.739. The van der Waals surface area contributed by atoms with Crippen LogP contribution in [0.1, 0.15) is 0 Å². The molecular weight excluding hydrogens is 372 g/mol. The number of aromatic amines is 1. The van der Waals surface area contributed by atoms with E-state index in [1.165, 1.54) is 32.5 Å². The molecule has 11 heteroatoms. The van der Waals surface area contributed by atoms with Gasteiger partial charge in [-0.25, -0.2) is 14.2 Å². The lowest BCUT2D eigenvalue weighted by molar-refractivity contribution is -0.286. The molecule has 0 radical (unpaired) electrons. The van der Waals surface area contributed by atoms with Gasteiger partial charge >= 0.3 is 6.29 Å². The van der Waals surface area contributed by atoms with E-state index in [1.807, 2.05) is 0 Å². The number of H-pyrrole nitrogens is 1. The summed E-state index contributed by atoms with van der Waals surface area (Å²) in [5.74, 6) is 0.288. The number of benzene rings is 1. The third-order valence-electron chi connectivity index (χ3n) is 3.59. The van der Waals surface area contributed by atoms with E-state index in [9.17, 15) is 13.0 Å². The summed E-state index contributed by atoms with van der Waals surface area (Å²) in [5, 5.41) is 0.173. The normalized spacial score (nSPS) is 15.8. The molecule has 0 spiro atoms. The first-order chi connectivity index (χ1) is 12.4. The summed E-state index contributed by atoms with van der Waals surface area (Å²) >= 11 is 0. The molecule has 3 aromatic rings. The molecular formula is C15H11F2N3O5S. The van der Waals surface area contributed by atoms with Crippen molar-refractivity contribution in [3.8, 4) is 23.0 Å². The van der Waals surface area contributed by atoms with Crippen molar-refractivity contribution in [2.24, 2.45) is 0 Å². The maximum atomic E-state index is 13.1. The summed E-state index contributed by atoms with van der Waals surface area (Å²) in [6.45, 7) is 0. The monoisotopic (exact) mass is 383 g/mol. The Hall–Kier alpha value is -2.95. The Labute approximate surface area is 147 Å². The van der Waals surface area contributed by atoms with E-state index >= 15 is 0 Å². The highest BCUT2D eigenvalue weighted by molar-refractivity contribution is 7.84. The van der Waals surface area contributed by atoms with Crippen molar-refractivity contribution >= 4 is 21.8 Å². The number of pyridine rings is 1. The molecule has 1 aliphatic heterocycles. The lowest BCUT2D eigenvalue weighted by Crippen LogP contribution is -2.25. The third kappa shape index (κ3) is 2.60. The molecule has 4 rings (SSSR count). The first kappa shape index (κ1) is 16.5. The first-order valence-corrected chi connectivity index (χ1v) is 8.35. The van der Waals surface area contributed by atoms with E-state index in [4.69, 9.17) is 9.47 Å². The highest BCUT2D eigenvalue weighted by Gasteiger charge is 2.43. The van der Waals surface area contributed by atoms with Gasteiger partial charge in [-0.15, -0.1) is 8.78 Å². The van der Waals surface area contributed by atoms with Crippen molar-refractivity contribution in [1.29, 1.82) is 0 Å². The molecule has 1 aromatic carbocycles. The van der Waals surface area contributed by atoms with Crippen LogP contribution in [0.25, 0.3) is 11.0 Å². The predicted molar refractivity (Wildman–Crippen MR) is 84.3 cm³/mol. The van der Waals surface area contributed by atoms with Gasteiger partial charge < -0.3 is 23.9 Å². The number of fused-ring (bicyclic) bond motifs is 2. The van der Waals surface area contributed by atoms with Gasteiger partial charge in [0, 0.05) is 24.4 Å². The van der Waals surface area contributed by atoms with Gasteiger partial charge in [-0.1, -0.05) is 0 Å². The average molecular weight is 383 g/mol. The minimum Gasteiger partial charge on any atom is -0.493 e. The van der Waals surface area contributed by atoms with E-state index in [0.29, 0.717) is 11.3 Å². The number of aromatic nitrogens is 3. The highest BCUT2D eigenvalue weighted by atomic mass is 32.2. The Morgan fingerprint density at radius 3 is 2.62 bits per heavy atom. The van der Waals surface area contributed by atoms with Gasteiger partial charge in [0.15, 0.2) is 28.0 Å². The van der Waals surface area contributed by atoms with Gasteiger partial charge in [-0.05, 0) is 0 Å². The number of halogens is 2. The zero-order chi connectivity index (χ0) is 18.5. The van der Waals surface area contributed by atoms with Crippen LogP contribution in [0.5, 0.6) is 23.0 Å². The standard InChI is InChI=1S/C15H11F2N3O5S/c1-22-9-3-4-18-13(12(9)23-2)26(21)14-19-7-5-10-11(6-8(7)20-14)25-15(16,17)24-10/h3-6H,1-2H3,(H,19,20). The Kier molecular flexibility index (Phi) is 3.68. The lowest BCUT2D eigenvalue weighted by atomic mass is 10.3. The van der Waals surface area contributed by atoms with Gasteiger partial charge in [-0.2, -0.15) is 0 Å². The zero-order valence-electron chi connectivity index (χ0n) is 13.4. The summed E-state index contributed by atoms with van der Waals surface area (Å²) < 4.78 is 58.3. The topological polar surface area (TPSA) is 95.6 Å². The van der Waals surface area contributed by atoms with Gasteiger partial charge in [0.05, 0.1) is 25.3 Å². The van der Waals surface area contributed by atoms with E-state index < -0.39 is 17.1 Å². The molecule has 0 amide bonds. The van der Waals surface area contributed by atoms with Crippen LogP contribution in [0.3, 0.4) is 0 Å². The van der Waals surface area contributed by atoms with Gasteiger partial charge in [0.25, 0.3) is 0 Å². The molecule has 26 heavy (non-hydrogen) atoms. The van der Waals surface area contributed by atoms with E-state index in [-0.39, 0.29) is 32.9 Å². The van der Waals surface area contributed by atoms with Crippen LogP contribution in [-0.4, -0.2) is 39.7 Å². The van der Waals surface area contributed by atoms with Gasteiger partial charge in [0.2, 0.25) is 5.16 Å². The van der Waals surface area contributed by atoms with Crippen molar-refractivity contribution in [2.75, 3.05) is 14.2 Å². The van der Waals surface area contributed by atoms with Crippen molar-refractivity contribution in [3.63, 3.8) is 0 Å². The molecule has 8 nitrogen and oxygen atoms in total. The van der Waals surface area contributed by atoms with E-state index in [2.05, 4.69) is 24.4 Å². The maximum Gasteiger partial charge on any atom is 0.586 e. The van der Waals surface area contributed by atoms with Crippen LogP contribution >= 0.6 is 0 Å². The molecule has 0 fully saturated rings. The fourth-order valence-corrected chi connectivity index (χ4v) is 3.58. The second kappa shape index (κ2) is 5.80. The zero-order valence-corrected chi connectivity index (χ0v) is 14.2. The van der Waals surface area contributed by atoms with Gasteiger partial charge in [-0.3, -0.25) is 0 Å². The Bertz CT molecular complexity index is 995. The Morgan fingerprint density at radius 2 is 1.92 bits per heavy atom. The molecule has 1 aliphatic rings. The number of nitrogens with zero attached hydrogens (tertiary/aromatic N) is 2. The van der Waals surface area contributed by atoms with Crippen molar-refractivity contribution in [3.05, 3.63) is 24.4 Å². The summed E-state index contributed by atoms with van der Waals surface area (Å²) in [4.78, 5) is 11.1. The summed E-state index contributed by atoms with van der Waals surface area (Å²) in [6, 6.07) is 4.14. The minimum atomic E-state index is -3.72. The molecule has 0 aliphatic carbocycles. The molecule has 0 saturated carbocycles. The molecule has 0 bridgehead atoms. The number of ether oxygens (including phenoxy) is 4. The minimum absolute atomic E-state index is 0.0643. The number of rotatable bonds is 4. The first-order valence-electron chi connectivity index (χ1n) is 7.20. The number of hydrogen-bond donors (Lipinski definition) is 1. The molecule has 1 N–H and O–H groups in total. The molecule has 1 atom stereocenters. The number of hydrogen-bond acceptors (Lipinski definition) is 7. The van der Waals surface area contributed by atoms with Crippen LogP contribution in [-0.2, 0) is 10.8 Å². The average Bonchev–Trinajstić information content (AvgIpc) is 3.15. The van der Waals surface area contributed by atoms with Crippen molar-refractivity contribution < 1.29 is 31.9 Å². The van der Waals surface area contributed by atoms with Crippen molar-refractivity contribution in [2.45, 2.75) is 16.5 Å². The Morgan fingerprint density at radius 1 is 1.19 bits per heavy atom. The van der Waals surface area contributed by atoms with Crippen molar-refractivity contribution in [1.82, 2.24) is 15.0 Å². The molecule has 3 heterocycles. The lowest BCUT2D eigenvalue weighted by Gasteiger charge is -2.09. The second-order valence-electron chi connectivity index (χ2n) is 5.15.